The number of hydrogen-bond acceptors (Lipinski definition) is 2. The molecule has 0 unspecified atom stereocenters. The minimum Gasteiger partial charge on any atom is -0.370 e. The minimum atomic E-state index is -0.576. The summed E-state index contributed by atoms with van der Waals surface area (Å²) in [6, 6.07) is 15.1. The molecule has 0 heterocycles. The second kappa shape index (κ2) is 10.1. The van der Waals surface area contributed by atoms with Crippen molar-refractivity contribution < 1.29 is 0 Å². The van der Waals surface area contributed by atoms with Crippen LogP contribution in [0.4, 0.5) is 11.4 Å². The van der Waals surface area contributed by atoms with Crippen LogP contribution in [0, 0.1) is 24.7 Å². The van der Waals surface area contributed by atoms with E-state index in [4.69, 9.17) is 33.8 Å². The molecule has 0 fully saturated rings. The SMILES string of the molecule is CCC(N(C(=N)N=C(N)N)c1ccccc1C)N(C(=N)N=C(N)N)c1ccccc1C. The van der Waals surface area contributed by atoms with E-state index >= 15 is 0 Å². The van der Waals surface area contributed by atoms with Gasteiger partial charge in [-0.3, -0.25) is 20.6 Å². The lowest BCUT2D eigenvalue weighted by molar-refractivity contribution is 0.649. The highest BCUT2D eigenvalue weighted by molar-refractivity contribution is 6.06. The molecule has 0 aromatic heterocycles. The average Bonchev–Trinajstić information content (AvgIpc) is 2.68. The monoisotopic (exact) mass is 422 g/mol. The van der Waals surface area contributed by atoms with Gasteiger partial charge in [0.1, 0.15) is 6.17 Å². The molecule has 0 amide bonds. The number of hydrogen-bond donors (Lipinski definition) is 6. The first-order valence-electron chi connectivity index (χ1n) is 9.73. The van der Waals surface area contributed by atoms with Gasteiger partial charge in [0.15, 0.2) is 11.9 Å². The number of nitrogens with one attached hydrogen (secondary N) is 2. The number of nitrogens with zero attached hydrogens (tertiary/aromatic N) is 4. The summed E-state index contributed by atoms with van der Waals surface area (Å²) in [6.45, 7) is 5.79. The molecule has 164 valence electrons. The van der Waals surface area contributed by atoms with Gasteiger partial charge in [0, 0.05) is 11.4 Å². The van der Waals surface area contributed by atoms with E-state index in [-0.39, 0.29) is 23.8 Å². The van der Waals surface area contributed by atoms with Gasteiger partial charge >= 0.3 is 0 Å². The topological polar surface area (TPSA) is 183 Å². The molecular formula is C21H30N10. The van der Waals surface area contributed by atoms with Crippen molar-refractivity contribution in [1.82, 2.24) is 0 Å². The Morgan fingerprint density at radius 2 is 1.13 bits per heavy atom. The maximum atomic E-state index is 8.63. The van der Waals surface area contributed by atoms with Crippen LogP contribution >= 0.6 is 0 Å². The van der Waals surface area contributed by atoms with Gasteiger partial charge in [-0.15, -0.1) is 0 Å². The first kappa shape index (κ1) is 23.2. The quantitative estimate of drug-likeness (QED) is 0.242. The number of benzene rings is 2. The molecule has 0 aliphatic carbocycles. The van der Waals surface area contributed by atoms with Gasteiger partial charge in [0.05, 0.1) is 0 Å². The third-order valence-electron chi connectivity index (χ3n) is 4.64. The predicted molar refractivity (Wildman–Crippen MR) is 128 cm³/mol. The number of guanidine groups is 4. The van der Waals surface area contributed by atoms with E-state index in [1.165, 1.54) is 0 Å². The third-order valence-corrected chi connectivity index (χ3v) is 4.64. The highest BCUT2D eigenvalue weighted by Gasteiger charge is 2.32. The summed E-state index contributed by atoms with van der Waals surface area (Å²) >= 11 is 0. The van der Waals surface area contributed by atoms with E-state index in [0.29, 0.717) is 6.42 Å². The Morgan fingerprint density at radius 3 is 1.42 bits per heavy atom. The fourth-order valence-corrected chi connectivity index (χ4v) is 3.33. The summed E-state index contributed by atoms with van der Waals surface area (Å²) in [4.78, 5) is 11.3. The van der Waals surface area contributed by atoms with E-state index in [9.17, 15) is 0 Å². The Morgan fingerprint density at radius 1 is 0.774 bits per heavy atom. The van der Waals surface area contributed by atoms with Gasteiger partial charge in [0.2, 0.25) is 11.9 Å². The normalized spacial score (nSPS) is 11.2. The Labute approximate surface area is 182 Å². The molecule has 0 saturated heterocycles. The molecule has 0 radical (unpaired) electrons. The lowest BCUT2D eigenvalue weighted by atomic mass is 10.1. The van der Waals surface area contributed by atoms with Gasteiger partial charge in [-0.25, -0.2) is 0 Å². The van der Waals surface area contributed by atoms with Gasteiger partial charge in [-0.1, -0.05) is 43.3 Å². The number of anilines is 2. The Hall–Kier alpha value is -4.08. The molecule has 10 heteroatoms. The molecule has 10 nitrogen and oxygen atoms in total. The molecular weight excluding hydrogens is 392 g/mol. The predicted octanol–water partition coefficient (Wildman–Crippen LogP) is 1.77. The van der Waals surface area contributed by atoms with Crippen molar-refractivity contribution in [3.63, 3.8) is 0 Å². The largest absolute Gasteiger partial charge is 0.370 e. The van der Waals surface area contributed by atoms with Crippen molar-refractivity contribution in [2.45, 2.75) is 33.4 Å². The van der Waals surface area contributed by atoms with E-state index in [1.807, 2.05) is 69.3 Å². The highest BCUT2D eigenvalue weighted by atomic mass is 15.4. The zero-order valence-corrected chi connectivity index (χ0v) is 18.0. The molecule has 2 aromatic rings. The first-order valence-corrected chi connectivity index (χ1v) is 9.73. The number of aliphatic imine (C=N–C) groups is 2. The molecule has 0 spiro atoms. The van der Waals surface area contributed by atoms with Gasteiger partial charge < -0.3 is 22.9 Å². The van der Waals surface area contributed by atoms with Gasteiger partial charge in [-0.05, 0) is 43.5 Å². The molecule has 2 rings (SSSR count). The molecule has 0 saturated carbocycles. The molecule has 0 bridgehead atoms. The lowest BCUT2D eigenvalue weighted by Gasteiger charge is -2.40. The smallest absolute Gasteiger partial charge is 0.227 e. The summed E-state index contributed by atoms with van der Waals surface area (Å²) in [5.74, 6) is -0.810. The maximum absolute atomic E-state index is 8.63. The van der Waals surface area contributed by atoms with Crippen molar-refractivity contribution in [3.05, 3.63) is 59.7 Å². The Bertz CT molecular complexity index is 923. The van der Waals surface area contributed by atoms with E-state index < -0.39 is 6.17 Å². The zero-order valence-electron chi connectivity index (χ0n) is 18.0. The van der Waals surface area contributed by atoms with E-state index in [2.05, 4.69) is 9.98 Å². The number of aryl methyl sites for hydroxylation is 2. The van der Waals surface area contributed by atoms with Crippen molar-refractivity contribution in [3.8, 4) is 0 Å². The molecule has 10 N–H and O–H groups in total. The van der Waals surface area contributed by atoms with Crippen LogP contribution < -0.4 is 32.7 Å². The molecule has 0 atom stereocenters. The van der Waals surface area contributed by atoms with Crippen LogP contribution in [0.15, 0.2) is 58.5 Å². The van der Waals surface area contributed by atoms with Gasteiger partial charge in [0.25, 0.3) is 0 Å². The number of nitrogens with two attached hydrogens (primary N) is 4. The Kier molecular flexibility index (Phi) is 7.56. The maximum Gasteiger partial charge on any atom is 0.227 e. The minimum absolute atomic E-state index is 0.169. The van der Waals surface area contributed by atoms with Crippen LogP contribution in [0.5, 0.6) is 0 Å². The van der Waals surface area contributed by atoms with Crippen LogP contribution in [-0.2, 0) is 0 Å². The van der Waals surface area contributed by atoms with Crippen LogP contribution in [0.2, 0.25) is 0 Å². The van der Waals surface area contributed by atoms with E-state index in [1.54, 1.807) is 9.80 Å². The standard InChI is InChI=1S/C21H30N10/c1-4-17(30(20(26)28-18(22)23)15-11-7-5-9-13(15)2)31(21(27)29-19(24)25)16-12-8-6-10-14(16)3/h5-12,17H,4H2,1-3H3,(H5,22,23,26,28)(H5,24,25,27,29). The van der Waals surface area contributed by atoms with Crippen molar-refractivity contribution in [2.24, 2.45) is 32.9 Å². The van der Waals surface area contributed by atoms with E-state index in [0.717, 1.165) is 22.5 Å². The summed E-state index contributed by atoms with van der Waals surface area (Å²) in [7, 11) is 0. The molecule has 0 aliphatic rings. The summed E-state index contributed by atoms with van der Waals surface area (Å²) in [6.07, 6.45) is -0.0821. The van der Waals surface area contributed by atoms with Crippen molar-refractivity contribution in [2.75, 3.05) is 9.80 Å². The third kappa shape index (κ3) is 5.50. The fourth-order valence-electron chi connectivity index (χ4n) is 3.33. The number of rotatable bonds is 5. The lowest BCUT2D eigenvalue weighted by Crippen LogP contribution is -2.54. The van der Waals surface area contributed by atoms with Crippen LogP contribution in [-0.4, -0.2) is 30.0 Å². The molecule has 2 aromatic carbocycles. The second-order valence-corrected chi connectivity index (χ2v) is 6.92. The number of para-hydroxylation sites is 2. The average molecular weight is 423 g/mol. The molecule has 31 heavy (non-hydrogen) atoms. The second-order valence-electron chi connectivity index (χ2n) is 6.92. The summed E-state index contributed by atoms with van der Waals surface area (Å²) in [5.41, 5.74) is 25.6. The van der Waals surface area contributed by atoms with Gasteiger partial charge in [-0.2, -0.15) is 9.98 Å². The van der Waals surface area contributed by atoms with Crippen molar-refractivity contribution in [1.29, 1.82) is 10.8 Å². The highest BCUT2D eigenvalue weighted by Crippen LogP contribution is 2.30. The van der Waals surface area contributed by atoms with Crippen LogP contribution in [0.1, 0.15) is 24.5 Å². The Balaban J connectivity index is 2.76. The fraction of sp³-hybridized carbons (Fsp3) is 0.238. The zero-order chi connectivity index (χ0) is 23.1. The first-order chi connectivity index (χ1) is 14.7. The van der Waals surface area contributed by atoms with Crippen LogP contribution in [0.3, 0.4) is 0 Å². The van der Waals surface area contributed by atoms with Crippen molar-refractivity contribution >= 4 is 35.2 Å². The van der Waals surface area contributed by atoms with Crippen LogP contribution in [0.25, 0.3) is 0 Å². The summed E-state index contributed by atoms with van der Waals surface area (Å²) in [5, 5.41) is 17.3. The molecule has 0 aliphatic heterocycles. The summed E-state index contributed by atoms with van der Waals surface area (Å²) < 4.78 is 0.